The molecular weight excluding hydrogens is 329 g/mol. The normalized spacial score (nSPS) is 12.4. The van der Waals surface area contributed by atoms with Crippen molar-refractivity contribution in [2.45, 2.75) is 19.5 Å². The highest BCUT2D eigenvalue weighted by Gasteiger charge is 2.07. The van der Waals surface area contributed by atoms with Gasteiger partial charge in [-0.15, -0.1) is 0 Å². The van der Waals surface area contributed by atoms with Crippen LogP contribution in [0.2, 0.25) is 5.02 Å². The van der Waals surface area contributed by atoms with Crippen molar-refractivity contribution in [3.05, 3.63) is 68.9 Å². The molecule has 0 amide bonds. The van der Waals surface area contributed by atoms with Crippen molar-refractivity contribution in [3.8, 4) is 0 Å². The minimum absolute atomic E-state index is 0.145. The highest BCUT2D eigenvalue weighted by molar-refractivity contribution is 9.10. The van der Waals surface area contributed by atoms with Gasteiger partial charge in [0, 0.05) is 22.1 Å². The van der Waals surface area contributed by atoms with Crippen LogP contribution in [0.5, 0.6) is 0 Å². The van der Waals surface area contributed by atoms with Crippen LogP contribution in [-0.2, 0) is 6.54 Å². The molecule has 0 saturated carbocycles. The number of hydrogen-bond acceptors (Lipinski definition) is 1. The fourth-order valence-corrected chi connectivity index (χ4v) is 2.39. The van der Waals surface area contributed by atoms with Crippen molar-refractivity contribution in [2.24, 2.45) is 0 Å². The fraction of sp³-hybridized carbons (Fsp3) is 0.200. The highest BCUT2D eigenvalue weighted by Crippen LogP contribution is 2.22. The summed E-state index contributed by atoms with van der Waals surface area (Å²) in [6, 6.07) is 12.4. The Hall–Kier alpha value is -0.900. The van der Waals surface area contributed by atoms with E-state index in [2.05, 4.69) is 21.2 Å². The highest BCUT2D eigenvalue weighted by atomic mass is 79.9. The summed E-state index contributed by atoms with van der Waals surface area (Å²) in [5.41, 5.74) is 2.15. The Morgan fingerprint density at radius 3 is 2.58 bits per heavy atom. The van der Waals surface area contributed by atoms with Gasteiger partial charge in [0.1, 0.15) is 5.82 Å². The lowest BCUT2D eigenvalue weighted by Crippen LogP contribution is -2.18. The Balaban J connectivity index is 2.02. The SMILES string of the molecule is CC(NCc1cc(Cl)ccc1Br)c1ccc(F)cc1. The van der Waals surface area contributed by atoms with Crippen LogP contribution in [0.1, 0.15) is 24.1 Å². The minimum Gasteiger partial charge on any atom is -0.306 e. The summed E-state index contributed by atoms with van der Waals surface area (Å²) in [5, 5.41) is 4.11. The molecule has 0 bridgehead atoms. The topological polar surface area (TPSA) is 12.0 Å². The molecule has 4 heteroatoms. The Bertz CT molecular complexity index is 557. The van der Waals surface area contributed by atoms with Crippen LogP contribution in [0, 0.1) is 5.82 Å². The van der Waals surface area contributed by atoms with Gasteiger partial charge in [-0.1, -0.05) is 39.7 Å². The molecule has 0 aliphatic heterocycles. The Kier molecular flexibility index (Phi) is 4.97. The van der Waals surface area contributed by atoms with Crippen molar-refractivity contribution in [2.75, 3.05) is 0 Å². The van der Waals surface area contributed by atoms with Gasteiger partial charge >= 0.3 is 0 Å². The van der Waals surface area contributed by atoms with E-state index in [-0.39, 0.29) is 11.9 Å². The summed E-state index contributed by atoms with van der Waals surface area (Å²) < 4.78 is 13.9. The summed E-state index contributed by atoms with van der Waals surface area (Å²) in [6.45, 7) is 2.74. The lowest BCUT2D eigenvalue weighted by Gasteiger charge is -2.15. The molecule has 0 spiro atoms. The molecule has 0 aliphatic rings. The predicted octanol–water partition coefficient (Wildman–Crippen LogP) is 5.09. The molecule has 2 aromatic rings. The molecule has 1 N–H and O–H groups in total. The summed E-state index contributed by atoms with van der Waals surface area (Å²) in [7, 11) is 0. The van der Waals surface area contributed by atoms with E-state index in [0.717, 1.165) is 20.6 Å². The number of halogens is 3. The lowest BCUT2D eigenvalue weighted by atomic mass is 10.1. The smallest absolute Gasteiger partial charge is 0.123 e. The molecule has 2 rings (SSSR count). The molecule has 1 nitrogen and oxygen atoms in total. The fourth-order valence-electron chi connectivity index (χ4n) is 1.81. The van der Waals surface area contributed by atoms with Crippen LogP contribution in [0.25, 0.3) is 0 Å². The molecule has 0 fully saturated rings. The summed E-state index contributed by atoms with van der Waals surface area (Å²) in [4.78, 5) is 0. The van der Waals surface area contributed by atoms with Crippen LogP contribution >= 0.6 is 27.5 Å². The Morgan fingerprint density at radius 2 is 1.89 bits per heavy atom. The van der Waals surface area contributed by atoms with E-state index < -0.39 is 0 Å². The zero-order valence-corrected chi connectivity index (χ0v) is 12.8. The van der Waals surface area contributed by atoms with Gasteiger partial charge < -0.3 is 5.32 Å². The van der Waals surface area contributed by atoms with E-state index in [1.54, 1.807) is 12.1 Å². The number of benzene rings is 2. The van der Waals surface area contributed by atoms with Gasteiger partial charge in [0.15, 0.2) is 0 Å². The van der Waals surface area contributed by atoms with E-state index in [4.69, 9.17) is 11.6 Å². The Morgan fingerprint density at radius 1 is 1.21 bits per heavy atom. The first kappa shape index (κ1) is 14.5. The van der Waals surface area contributed by atoms with Crippen LogP contribution in [0.3, 0.4) is 0 Å². The maximum atomic E-state index is 12.9. The van der Waals surface area contributed by atoms with Crippen LogP contribution in [0.15, 0.2) is 46.9 Å². The average molecular weight is 343 g/mol. The van der Waals surface area contributed by atoms with E-state index in [0.29, 0.717) is 6.54 Å². The van der Waals surface area contributed by atoms with Crippen molar-refractivity contribution < 1.29 is 4.39 Å². The van der Waals surface area contributed by atoms with Gasteiger partial charge in [0.2, 0.25) is 0 Å². The van der Waals surface area contributed by atoms with Gasteiger partial charge in [0.25, 0.3) is 0 Å². The first-order chi connectivity index (χ1) is 9.06. The molecule has 0 aromatic heterocycles. The molecule has 0 saturated heterocycles. The summed E-state index contributed by atoms with van der Waals surface area (Å²) in [6.07, 6.45) is 0. The van der Waals surface area contributed by atoms with Crippen molar-refractivity contribution in [3.63, 3.8) is 0 Å². The van der Waals surface area contributed by atoms with E-state index in [1.807, 2.05) is 25.1 Å². The van der Waals surface area contributed by atoms with Crippen molar-refractivity contribution >= 4 is 27.5 Å². The second-order valence-corrected chi connectivity index (χ2v) is 5.68. The maximum Gasteiger partial charge on any atom is 0.123 e. The molecule has 19 heavy (non-hydrogen) atoms. The quantitative estimate of drug-likeness (QED) is 0.816. The second-order valence-electron chi connectivity index (χ2n) is 4.39. The number of hydrogen-bond donors (Lipinski definition) is 1. The Labute approximate surface area is 125 Å². The maximum absolute atomic E-state index is 12.9. The molecule has 2 aromatic carbocycles. The van der Waals surface area contributed by atoms with E-state index in [1.165, 1.54) is 12.1 Å². The third kappa shape index (κ3) is 4.03. The second kappa shape index (κ2) is 6.51. The lowest BCUT2D eigenvalue weighted by molar-refractivity contribution is 0.570. The van der Waals surface area contributed by atoms with Gasteiger partial charge in [-0.25, -0.2) is 4.39 Å². The van der Waals surface area contributed by atoms with Gasteiger partial charge in [-0.2, -0.15) is 0 Å². The zero-order valence-electron chi connectivity index (χ0n) is 10.5. The summed E-state index contributed by atoms with van der Waals surface area (Å²) in [5.74, 6) is -0.214. The van der Waals surface area contributed by atoms with Crippen LogP contribution < -0.4 is 5.32 Å². The van der Waals surface area contributed by atoms with Gasteiger partial charge in [-0.05, 0) is 48.4 Å². The summed E-state index contributed by atoms with van der Waals surface area (Å²) >= 11 is 9.47. The molecule has 100 valence electrons. The van der Waals surface area contributed by atoms with Crippen molar-refractivity contribution in [1.29, 1.82) is 0 Å². The number of rotatable bonds is 4. The molecule has 1 atom stereocenters. The molecular formula is C15H14BrClFN. The molecule has 0 radical (unpaired) electrons. The standard InChI is InChI=1S/C15H14BrClFN/c1-10(11-2-5-14(18)6-3-11)19-9-12-8-13(17)4-7-15(12)16/h2-8,10,19H,9H2,1H3. The third-order valence-electron chi connectivity index (χ3n) is 2.98. The molecule has 0 heterocycles. The molecule has 0 aliphatic carbocycles. The minimum atomic E-state index is -0.214. The monoisotopic (exact) mass is 341 g/mol. The van der Waals surface area contributed by atoms with Gasteiger partial charge in [0.05, 0.1) is 0 Å². The van der Waals surface area contributed by atoms with Crippen molar-refractivity contribution in [1.82, 2.24) is 5.32 Å². The number of nitrogens with one attached hydrogen (secondary N) is 1. The van der Waals surface area contributed by atoms with E-state index >= 15 is 0 Å². The van der Waals surface area contributed by atoms with Gasteiger partial charge in [-0.3, -0.25) is 0 Å². The van der Waals surface area contributed by atoms with Crippen LogP contribution in [0.4, 0.5) is 4.39 Å². The first-order valence-corrected chi connectivity index (χ1v) is 7.16. The average Bonchev–Trinajstić information content (AvgIpc) is 2.40. The predicted molar refractivity (Wildman–Crippen MR) is 80.8 cm³/mol. The zero-order chi connectivity index (χ0) is 13.8. The van der Waals surface area contributed by atoms with Crippen LogP contribution in [-0.4, -0.2) is 0 Å². The third-order valence-corrected chi connectivity index (χ3v) is 3.99. The molecule has 1 unspecified atom stereocenters. The van der Waals surface area contributed by atoms with E-state index in [9.17, 15) is 4.39 Å². The largest absolute Gasteiger partial charge is 0.306 e. The first-order valence-electron chi connectivity index (χ1n) is 5.99.